The fraction of sp³-hybridized carbons (Fsp3) is 0.611. The molecule has 0 aliphatic carbocycles. The standard InChI is InChI=1S/C18H25BrN2O2/c1-12-3-6-17(16(19)9-12)23-8-7-18(22)21(2)15-10-13-4-5-14(11-15)20-13/h3,6,9,13-15,20H,4-5,7-8,10-11H2,1-2H3. The Balaban J connectivity index is 1.47. The molecule has 1 aromatic carbocycles. The molecule has 126 valence electrons. The minimum Gasteiger partial charge on any atom is -0.492 e. The Morgan fingerprint density at radius 2 is 2.04 bits per heavy atom. The molecule has 5 heteroatoms. The zero-order valence-corrected chi connectivity index (χ0v) is 15.4. The molecule has 1 N–H and O–H groups in total. The quantitative estimate of drug-likeness (QED) is 0.851. The van der Waals surface area contributed by atoms with E-state index in [1.165, 1.54) is 18.4 Å². The molecule has 2 bridgehead atoms. The van der Waals surface area contributed by atoms with E-state index in [2.05, 4.69) is 21.2 Å². The summed E-state index contributed by atoms with van der Waals surface area (Å²) in [5, 5.41) is 3.62. The minimum atomic E-state index is 0.180. The van der Waals surface area contributed by atoms with E-state index in [0.717, 1.165) is 23.1 Å². The van der Waals surface area contributed by atoms with E-state index in [-0.39, 0.29) is 5.91 Å². The molecule has 3 rings (SSSR count). The number of rotatable bonds is 5. The Kier molecular flexibility index (Phi) is 5.27. The maximum Gasteiger partial charge on any atom is 0.225 e. The van der Waals surface area contributed by atoms with Gasteiger partial charge in [0.1, 0.15) is 5.75 Å². The number of piperidine rings is 1. The molecule has 2 aliphatic heterocycles. The van der Waals surface area contributed by atoms with Gasteiger partial charge in [-0.15, -0.1) is 0 Å². The molecule has 1 amide bonds. The fourth-order valence-corrected chi connectivity index (χ4v) is 4.30. The number of halogens is 1. The number of hydrogen-bond donors (Lipinski definition) is 1. The van der Waals surface area contributed by atoms with Crippen molar-refractivity contribution in [3.8, 4) is 5.75 Å². The summed E-state index contributed by atoms with van der Waals surface area (Å²) in [6, 6.07) is 7.57. The molecule has 2 atom stereocenters. The number of hydrogen-bond acceptors (Lipinski definition) is 3. The highest BCUT2D eigenvalue weighted by Crippen LogP contribution is 2.29. The van der Waals surface area contributed by atoms with Crippen molar-refractivity contribution in [2.24, 2.45) is 0 Å². The van der Waals surface area contributed by atoms with Crippen molar-refractivity contribution in [3.63, 3.8) is 0 Å². The summed E-state index contributed by atoms with van der Waals surface area (Å²) in [5.74, 6) is 0.977. The highest BCUT2D eigenvalue weighted by Gasteiger charge is 2.36. The number of carbonyl (C=O) groups excluding carboxylic acids is 1. The summed E-state index contributed by atoms with van der Waals surface area (Å²) in [6.07, 6.45) is 5.11. The maximum atomic E-state index is 12.4. The molecule has 0 aromatic heterocycles. The van der Waals surface area contributed by atoms with Crippen LogP contribution in [0.15, 0.2) is 22.7 Å². The van der Waals surface area contributed by atoms with Crippen molar-refractivity contribution >= 4 is 21.8 Å². The maximum absolute atomic E-state index is 12.4. The van der Waals surface area contributed by atoms with Crippen LogP contribution in [0.3, 0.4) is 0 Å². The lowest BCUT2D eigenvalue weighted by Gasteiger charge is -2.35. The molecule has 1 aromatic rings. The van der Waals surface area contributed by atoms with E-state index in [4.69, 9.17) is 4.74 Å². The lowest BCUT2D eigenvalue weighted by atomic mass is 9.98. The smallest absolute Gasteiger partial charge is 0.225 e. The van der Waals surface area contributed by atoms with Crippen molar-refractivity contribution in [3.05, 3.63) is 28.2 Å². The number of aryl methyl sites for hydroxylation is 1. The lowest BCUT2D eigenvalue weighted by Crippen LogP contribution is -2.48. The van der Waals surface area contributed by atoms with Crippen LogP contribution in [0, 0.1) is 6.92 Å². The van der Waals surface area contributed by atoms with Crippen LogP contribution in [-0.2, 0) is 4.79 Å². The first kappa shape index (κ1) is 16.8. The van der Waals surface area contributed by atoms with Gasteiger partial charge in [0.25, 0.3) is 0 Å². The molecular weight excluding hydrogens is 356 g/mol. The van der Waals surface area contributed by atoms with Gasteiger partial charge >= 0.3 is 0 Å². The second-order valence-corrected chi connectivity index (χ2v) is 7.65. The third kappa shape index (κ3) is 4.07. The average Bonchev–Trinajstić information content (AvgIpc) is 2.86. The van der Waals surface area contributed by atoms with Crippen molar-refractivity contribution in [1.29, 1.82) is 0 Å². The first-order valence-electron chi connectivity index (χ1n) is 8.43. The first-order valence-corrected chi connectivity index (χ1v) is 9.23. The molecule has 23 heavy (non-hydrogen) atoms. The number of amides is 1. The summed E-state index contributed by atoms with van der Waals surface area (Å²) in [6.45, 7) is 2.46. The SMILES string of the molecule is Cc1ccc(OCCC(=O)N(C)C2CC3CCC(C2)N3)c(Br)c1. The summed E-state index contributed by atoms with van der Waals surface area (Å²) >= 11 is 3.50. The summed E-state index contributed by atoms with van der Waals surface area (Å²) in [7, 11) is 1.94. The van der Waals surface area contributed by atoms with E-state index in [1.807, 2.05) is 37.1 Å². The summed E-state index contributed by atoms with van der Waals surface area (Å²) < 4.78 is 6.69. The fourth-order valence-electron chi connectivity index (χ4n) is 3.69. The van der Waals surface area contributed by atoms with Crippen molar-refractivity contribution < 1.29 is 9.53 Å². The third-order valence-electron chi connectivity index (χ3n) is 5.05. The first-order chi connectivity index (χ1) is 11.0. The van der Waals surface area contributed by atoms with Gasteiger partial charge in [-0.3, -0.25) is 4.79 Å². The predicted molar refractivity (Wildman–Crippen MR) is 94.7 cm³/mol. The van der Waals surface area contributed by atoms with Gasteiger partial charge in [-0.25, -0.2) is 0 Å². The van der Waals surface area contributed by atoms with Gasteiger partial charge in [0.05, 0.1) is 17.5 Å². The van der Waals surface area contributed by atoms with Crippen LogP contribution in [-0.4, -0.2) is 42.6 Å². The molecule has 4 nitrogen and oxygen atoms in total. The van der Waals surface area contributed by atoms with E-state index in [0.29, 0.717) is 31.2 Å². The van der Waals surface area contributed by atoms with E-state index >= 15 is 0 Å². The second-order valence-electron chi connectivity index (χ2n) is 6.80. The van der Waals surface area contributed by atoms with E-state index < -0.39 is 0 Å². The number of fused-ring (bicyclic) bond motifs is 2. The van der Waals surface area contributed by atoms with Crippen molar-refractivity contribution in [1.82, 2.24) is 10.2 Å². The zero-order valence-electron chi connectivity index (χ0n) is 13.8. The molecule has 2 aliphatic rings. The number of nitrogens with zero attached hydrogens (tertiary/aromatic N) is 1. The molecule has 0 radical (unpaired) electrons. The van der Waals surface area contributed by atoms with E-state index in [9.17, 15) is 4.79 Å². The van der Waals surface area contributed by atoms with Gasteiger partial charge in [-0.2, -0.15) is 0 Å². The van der Waals surface area contributed by atoms with Crippen molar-refractivity contribution in [2.75, 3.05) is 13.7 Å². The molecule has 2 fully saturated rings. The minimum absolute atomic E-state index is 0.180. The largest absolute Gasteiger partial charge is 0.492 e. The molecule has 2 unspecified atom stereocenters. The van der Waals surface area contributed by atoms with Gasteiger partial charge in [0.2, 0.25) is 5.91 Å². The second kappa shape index (κ2) is 7.22. The molecule has 0 spiro atoms. The van der Waals surface area contributed by atoms with Gasteiger partial charge in [-0.05, 0) is 66.2 Å². The predicted octanol–water partition coefficient (Wildman–Crippen LogP) is 3.27. The van der Waals surface area contributed by atoms with E-state index in [1.54, 1.807) is 0 Å². The number of ether oxygens (including phenoxy) is 1. The number of carbonyl (C=O) groups is 1. The summed E-state index contributed by atoms with van der Waals surface area (Å²) in [5.41, 5.74) is 1.18. The Morgan fingerprint density at radius 1 is 1.35 bits per heavy atom. The Labute approximate surface area is 146 Å². The topological polar surface area (TPSA) is 41.6 Å². The van der Waals surface area contributed by atoms with Gasteiger partial charge < -0.3 is 15.0 Å². The van der Waals surface area contributed by atoms with Crippen LogP contribution in [0.25, 0.3) is 0 Å². The van der Waals surface area contributed by atoms with Gasteiger partial charge in [0.15, 0.2) is 0 Å². The normalized spacial score (nSPS) is 26.1. The lowest BCUT2D eigenvalue weighted by molar-refractivity contribution is -0.133. The molecule has 2 saturated heterocycles. The van der Waals surface area contributed by atoms with Gasteiger partial charge in [-0.1, -0.05) is 6.07 Å². The third-order valence-corrected chi connectivity index (χ3v) is 5.67. The number of benzene rings is 1. The van der Waals surface area contributed by atoms with Gasteiger partial charge in [0, 0.05) is 25.2 Å². The zero-order chi connectivity index (χ0) is 16.4. The highest BCUT2D eigenvalue weighted by atomic mass is 79.9. The Morgan fingerprint density at radius 3 is 2.70 bits per heavy atom. The monoisotopic (exact) mass is 380 g/mol. The molecule has 2 heterocycles. The van der Waals surface area contributed by atoms with Crippen LogP contribution >= 0.6 is 15.9 Å². The Bertz CT molecular complexity index is 566. The molecular formula is C18H25BrN2O2. The van der Waals surface area contributed by atoms with Crippen molar-refractivity contribution in [2.45, 2.75) is 57.2 Å². The van der Waals surface area contributed by atoms with Crippen LogP contribution in [0.4, 0.5) is 0 Å². The van der Waals surface area contributed by atoms with Crippen LogP contribution in [0.1, 0.15) is 37.7 Å². The Hall–Kier alpha value is -1.07. The highest BCUT2D eigenvalue weighted by molar-refractivity contribution is 9.10. The molecule has 0 saturated carbocycles. The average molecular weight is 381 g/mol. The number of nitrogens with one attached hydrogen (secondary N) is 1. The van der Waals surface area contributed by atoms with Crippen LogP contribution in [0.5, 0.6) is 5.75 Å². The van der Waals surface area contributed by atoms with Crippen LogP contribution < -0.4 is 10.1 Å². The van der Waals surface area contributed by atoms with Crippen LogP contribution in [0.2, 0.25) is 0 Å². The summed E-state index contributed by atoms with van der Waals surface area (Å²) in [4.78, 5) is 14.4.